The Kier molecular flexibility index (Phi) is 3.91. The molecule has 1 aromatic rings. The van der Waals surface area contributed by atoms with Crippen molar-refractivity contribution in [2.24, 2.45) is 16.5 Å². The van der Waals surface area contributed by atoms with Crippen LogP contribution in [0.5, 0.6) is 0 Å². The number of aliphatic hydroxyl groups excluding tert-OH is 1. The number of primary sulfonamides is 1. The Labute approximate surface area is 132 Å². The van der Waals surface area contributed by atoms with Crippen LogP contribution in [0, 0.1) is 17.2 Å². The number of carbonyl (C=O) groups is 1. The predicted octanol–water partition coefficient (Wildman–Crippen LogP) is -0.446. The highest BCUT2D eigenvalue weighted by molar-refractivity contribution is 7.89. The first-order valence-corrected chi connectivity index (χ1v) is 8.62. The van der Waals surface area contributed by atoms with E-state index in [1.54, 1.807) is 0 Å². The molecule has 0 radical (unpaired) electrons. The minimum atomic E-state index is -4.03. The summed E-state index contributed by atoms with van der Waals surface area (Å²) in [5.41, 5.74) is -0.866. The lowest BCUT2D eigenvalue weighted by Crippen LogP contribution is -2.36. The molecule has 0 bridgehead atoms. The molecule has 23 heavy (non-hydrogen) atoms. The van der Waals surface area contributed by atoms with Crippen LogP contribution in [0.25, 0.3) is 0 Å². The Morgan fingerprint density at radius 1 is 1.52 bits per heavy atom. The number of likely N-dealkylation sites (tertiary alicyclic amines) is 1. The predicted molar refractivity (Wildman–Crippen MR) is 77.5 cm³/mol. The molecule has 2 saturated heterocycles. The zero-order chi connectivity index (χ0) is 16.8. The number of ether oxygens (including phenoxy) is 1. The molecule has 3 N–H and O–H groups in total. The van der Waals surface area contributed by atoms with Crippen LogP contribution in [0.3, 0.4) is 0 Å². The molecule has 2 aliphatic rings. The molecular formula is C14H17FN2O5S. The van der Waals surface area contributed by atoms with Crippen molar-refractivity contribution >= 4 is 15.9 Å². The maximum absolute atomic E-state index is 14.0. The normalized spacial score (nSPS) is 27.3. The van der Waals surface area contributed by atoms with Crippen LogP contribution >= 0.6 is 0 Å². The number of halogens is 1. The molecular weight excluding hydrogens is 327 g/mol. The van der Waals surface area contributed by atoms with Crippen molar-refractivity contribution in [3.8, 4) is 0 Å². The van der Waals surface area contributed by atoms with E-state index in [-0.39, 0.29) is 29.5 Å². The number of hydrogen-bond acceptors (Lipinski definition) is 5. The highest BCUT2D eigenvalue weighted by Crippen LogP contribution is 2.41. The molecule has 9 heteroatoms. The van der Waals surface area contributed by atoms with Gasteiger partial charge in [-0.2, -0.15) is 0 Å². The van der Waals surface area contributed by atoms with E-state index in [1.807, 2.05) is 0 Å². The third-order valence-corrected chi connectivity index (χ3v) is 5.53. The Bertz CT molecular complexity index is 754. The second kappa shape index (κ2) is 5.52. The highest BCUT2D eigenvalue weighted by Gasteiger charge is 2.51. The lowest BCUT2D eigenvalue weighted by molar-refractivity contribution is 0.0627. The number of rotatable bonds is 3. The van der Waals surface area contributed by atoms with Gasteiger partial charge in [-0.3, -0.25) is 4.79 Å². The van der Waals surface area contributed by atoms with E-state index >= 15 is 0 Å². The summed E-state index contributed by atoms with van der Waals surface area (Å²) >= 11 is 0. The van der Waals surface area contributed by atoms with Crippen molar-refractivity contribution in [1.82, 2.24) is 4.90 Å². The zero-order valence-corrected chi connectivity index (χ0v) is 13.1. The van der Waals surface area contributed by atoms with Crippen LogP contribution < -0.4 is 5.14 Å². The van der Waals surface area contributed by atoms with Crippen molar-refractivity contribution in [2.75, 3.05) is 32.9 Å². The summed E-state index contributed by atoms with van der Waals surface area (Å²) in [6.07, 6.45) is 0. The highest BCUT2D eigenvalue weighted by atomic mass is 32.2. The summed E-state index contributed by atoms with van der Waals surface area (Å²) < 4.78 is 42.1. The average Bonchev–Trinajstić information content (AvgIpc) is 3.02. The van der Waals surface area contributed by atoms with Gasteiger partial charge in [-0.1, -0.05) is 0 Å². The molecule has 1 amide bonds. The third-order valence-electron chi connectivity index (χ3n) is 4.62. The molecule has 126 valence electrons. The summed E-state index contributed by atoms with van der Waals surface area (Å²) in [6, 6.07) is 2.88. The van der Waals surface area contributed by atoms with Gasteiger partial charge in [0.15, 0.2) is 0 Å². The number of fused-ring (bicyclic) bond motifs is 1. The Morgan fingerprint density at radius 3 is 2.87 bits per heavy atom. The van der Waals surface area contributed by atoms with Crippen LogP contribution in [0.4, 0.5) is 4.39 Å². The van der Waals surface area contributed by atoms with E-state index in [1.165, 1.54) is 4.90 Å². The van der Waals surface area contributed by atoms with E-state index < -0.39 is 27.2 Å². The molecule has 0 unspecified atom stereocenters. The first-order valence-electron chi connectivity index (χ1n) is 7.07. The first kappa shape index (κ1) is 16.3. The number of amides is 1. The molecule has 0 aliphatic carbocycles. The van der Waals surface area contributed by atoms with Gasteiger partial charge in [0.2, 0.25) is 10.0 Å². The van der Waals surface area contributed by atoms with Crippen molar-refractivity contribution in [3.63, 3.8) is 0 Å². The fourth-order valence-corrected chi connectivity index (χ4v) is 3.77. The van der Waals surface area contributed by atoms with E-state index in [0.29, 0.717) is 19.8 Å². The van der Waals surface area contributed by atoms with E-state index in [0.717, 1.165) is 18.2 Å². The van der Waals surface area contributed by atoms with Crippen molar-refractivity contribution in [3.05, 3.63) is 29.6 Å². The topological polar surface area (TPSA) is 110 Å². The van der Waals surface area contributed by atoms with Gasteiger partial charge >= 0.3 is 0 Å². The summed E-state index contributed by atoms with van der Waals surface area (Å²) in [5, 5.41) is 14.6. The molecule has 2 heterocycles. The first-order chi connectivity index (χ1) is 10.8. The number of nitrogens with zero attached hydrogens (tertiary/aromatic N) is 1. The van der Waals surface area contributed by atoms with Gasteiger partial charge in [0.05, 0.1) is 30.3 Å². The van der Waals surface area contributed by atoms with Crippen LogP contribution in [0.2, 0.25) is 0 Å². The molecule has 0 saturated carbocycles. The lowest BCUT2D eigenvalue weighted by atomic mass is 9.82. The average molecular weight is 344 g/mol. The van der Waals surface area contributed by atoms with Crippen molar-refractivity contribution in [1.29, 1.82) is 0 Å². The summed E-state index contributed by atoms with van der Waals surface area (Å²) in [6.45, 7) is 1.23. The number of nitrogens with two attached hydrogens (primary N) is 1. The maximum atomic E-state index is 14.0. The quantitative estimate of drug-likeness (QED) is 0.772. The number of sulfonamides is 1. The Hall–Kier alpha value is -1.55. The van der Waals surface area contributed by atoms with E-state index in [2.05, 4.69) is 0 Å². The van der Waals surface area contributed by atoms with Gasteiger partial charge < -0.3 is 14.7 Å². The molecule has 1 aromatic carbocycles. The largest absolute Gasteiger partial charge is 0.396 e. The standard InChI is InChI=1S/C14H17FN2O5S/c15-12-2-1-10(23(16,20)21)3-11(12)13(19)17-4-9-5-22-8-14(9,6-17)7-18/h1-3,9,18H,4-8H2,(H2,16,20,21)/t9-,14-/m0/s1. The minimum absolute atomic E-state index is 0.0130. The lowest BCUT2D eigenvalue weighted by Gasteiger charge is -2.24. The molecule has 0 aromatic heterocycles. The van der Waals surface area contributed by atoms with Gasteiger partial charge in [-0.15, -0.1) is 0 Å². The third kappa shape index (κ3) is 2.74. The van der Waals surface area contributed by atoms with Crippen LogP contribution in [0.1, 0.15) is 10.4 Å². The monoisotopic (exact) mass is 344 g/mol. The fourth-order valence-electron chi connectivity index (χ4n) is 3.23. The van der Waals surface area contributed by atoms with Gasteiger partial charge in [0, 0.05) is 24.4 Å². The van der Waals surface area contributed by atoms with Crippen LogP contribution in [-0.2, 0) is 14.8 Å². The zero-order valence-electron chi connectivity index (χ0n) is 12.2. The second-order valence-corrected chi connectivity index (χ2v) is 7.67. The minimum Gasteiger partial charge on any atom is -0.396 e. The summed E-state index contributed by atoms with van der Waals surface area (Å²) in [5.74, 6) is -1.44. The van der Waals surface area contributed by atoms with Crippen LogP contribution in [-0.4, -0.2) is 57.2 Å². The number of benzene rings is 1. The van der Waals surface area contributed by atoms with E-state index in [4.69, 9.17) is 9.88 Å². The molecule has 2 fully saturated rings. The molecule has 2 aliphatic heterocycles. The molecule has 2 atom stereocenters. The van der Waals surface area contributed by atoms with Crippen molar-refractivity contribution < 1.29 is 27.4 Å². The fraction of sp³-hybridized carbons (Fsp3) is 0.500. The van der Waals surface area contributed by atoms with Crippen LogP contribution in [0.15, 0.2) is 23.1 Å². The van der Waals surface area contributed by atoms with Gasteiger partial charge in [-0.05, 0) is 18.2 Å². The molecule has 0 spiro atoms. The van der Waals surface area contributed by atoms with Crippen molar-refractivity contribution in [2.45, 2.75) is 4.90 Å². The number of aliphatic hydroxyl groups is 1. The summed E-state index contributed by atoms with van der Waals surface area (Å²) in [7, 11) is -4.03. The molecule has 7 nitrogen and oxygen atoms in total. The van der Waals surface area contributed by atoms with Gasteiger partial charge in [0.1, 0.15) is 5.82 Å². The SMILES string of the molecule is NS(=O)(=O)c1ccc(F)c(C(=O)N2C[C@H]3COC[C@@]3(CO)C2)c1. The van der Waals surface area contributed by atoms with Gasteiger partial charge in [0.25, 0.3) is 5.91 Å². The second-order valence-electron chi connectivity index (χ2n) is 6.10. The molecule has 3 rings (SSSR count). The van der Waals surface area contributed by atoms with E-state index in [9.17, 15) is 22.7 Å². The Balaban J connectivity index is 1.90. The van der Waals surface area contributed by atoms with Gasteiger partial charge in [-0.25, -0.2) is 17.9 Å². The Morgan fingerprint density at radius 2 is 2.26 bits per heavy atom. The summed E-state index contributed by atoms with van der Waals surface area (Å²) in [4.78, 5) is 13.7. The number of carbonyl (C=O) groups excluding carboxylic acids is 1. The smallest absolute Gasteiger partial charge is 0.256 e. The number of hydrogen-bond donors (Lipinski definition) is 2. The maximum Gasteiger partial charge on any atom is 0.256 e.